The number of nitrogens with zero attached hydrogens (tertiary/aromatic N) is 1. The number of rotatable bonds is 4. The second kappa shape index (κ2) is 5.81. The Balaban J connectivity index is 2.75. The van der Waals surface area contributed by atoms with E-state index < -0.39 is 24.5 Å². The molecule has 4 nitrogen and oxygen atoms in total. The maximum absolute atomic E-state index is 12.6. The van der Waals surface area contributed by atoms with Crippen LogP contribution in [0.5, 0.6) is 0 Å². The molecule has 0 spiro atoms. The van der Waals surface area contributed by atoms with Gasteiger partial charge in [0, 0.05) is 17.3 Å². The van der Waals surface area contributed by atoms with E-state index in [0.29, 0.717) is 10.7 Å². The van der Waals surface area contributed by atoms with Crippen LogP contribution < -0.4 is 11.1 Å². The lowest BCUT2D eigenvalue weighted by atomic mass is 10.1. The first-order valence-electron chi connectivity index (χ1n) is 4.88. The molecule has 0 amide bonds. The van der Waals surface area contributed by atoms with E-state index in [0.717, 1.165) is 0 Å². The summed E-state index contributed by atoms with van der Waals surface area (Å²) in [7, 11) is 0. The molecule has 4 N–H and O–H groups in total. The first kappa shape index (κ1) is 14.4. The first-order valence-corrected chi connectivity index (χ1v) is 5.26. The summed E-state index contributed by atoms with van der Waals surface area (Å²) in [4.78, 5) is 0. The Labute approximate surface area is 106 Å². The molecule has 1 unspecified atom stereocenters. The summed E-state index contributed by atoms with van der Waals surface area (Å²) in [6, 6.07) is 6.22. The molecule has 100 valence electrons. The van der Waals surface area contributed by atoms with E-state index in [1.54, 1.807) is 18.2 Å². The van der Waals surface area contributed by atoms with Crippen LogP contribution in [0.2, 0.25) is 5.02 Å². The molecular weight excluding hydrogens is 271 g/mol. The number of benzene rings is 1. The fourth-order valence-corrected chi connectivity index (χ4v) is 1.47. The molecule has 0 saturated heterocycles. The van der Waals surface area contributed by atoms with Crippen molar-refractivity contribution in [3.05, 3.63) is 29.3 Å². The van der Waals surface area contributed by atoms with E-state index in [4.69, 9.17) is 22.5 Å². The Morgan fingerprint density at radius 3 is 2.67 bits per heavy atom. The molecule has 0 heterocycles. The van der Waals surface area contributed by atoms with Gasteiger partial charge in [-0.3, -0.25) is 0 Å². The average Bonchev–Trinajstić information content (AvgIpc) is 2.27. The summed E-state index contributed by atoms with van der Waals surface area (Å²) >= 11 is 5.69. The molecule has 0 aliphatic heterocycles. The highest BCUT2D eigenvalue weighted by Gasteiger charge is 2.42. The Hall–Kier alpha value is -1.63. The van der Waals surface area contributed by atoms with E-state index >= 15 is 0 Å². The third kappa shape index (κ3) is 3.99. The maximum Gasteiger partial charge on any atom is 0.400 e. The SMILES string of the molecule is N/C(=N/O)C(CNc1cccc(Cl)c1)C(F)(F)F. The normalized spacial score (nSPS) is 14.3. The van der Waals surface area contributed by atoms with Gasteiger partial charge in [-0.2, -0.15) is 13.2 Å². The Morgan fingerprint density at radius 2 is 2.17 bits per heavy atom. The Kier molecular flexibility index (Phi) is 4.66. The van der Waals surface area contributed by atoms with Crippen molar-refractivity contribution in [2.45, 2.75) is 6.18 Å². The zero-order chi connectivity index (χ0) is 13.8. The molecule has 0 aliphatic rings. The molecule has 0 aliphatic carbocycles. The monoisotopic (exact) mass is 281 g/mol. The van der Waals surface area contributed by atoms with Gasteiger partial charge in [0.2, 0.25) is 0 Å². The van der Waals surface area contributed by atoms with Crippen molar-refractivity contribution in [3.63, 3.8) is 0 Å². The third-order valence-electron chi connectivity index (χ3n) is 2.20. The van der Waals surface area contributed by atoms with E-state index in [1.165, 1.54) is 6.07 Å². The smallest absolute Gasteiger partial charge is 0.400 e. The highest BCUT2D eigenvalue weighted by atomic mass is 35.5. The number of hydrogen-bond donors (Lipinski definition) is 3. The van der Waals surface area contributed by atoms with E-state index in [-0.39, 0.29) is 0 Å². The number of nitrogens with one attached hydrogen (secondary N) is 1. The predicted molar refractivity (Wildman–Crippen MR) is 62.9 cm³/mol. The molecule has 1 aromatic carbocycles. The molecule has 18 heavy (non-hydrogen) atoms. The van der Waals surface area contributed by atoms with Crippen molar-refractivity contribution in [2.75, 3.05) is 11.9 Å². The van der Waals surface area contributed by atoms with Gasteiger partial charge in [0.15, 0.2) is 5.84 Å². The van der Waals surface area contributed by atoms with Gasteiger partial charge in [-0.15, -0.1) is 0 Å². The van der Waals surface area contributed by atoms with Crippen molar-refractivity contribution >= 4 is 23.1 Å². The molecule has 0 bridgehead atoms. The van der Waals surface area contributed by atoms with Gasteiger partial charge in [-0.25, -0.2) is 0 Å². The van der Waals surface area contributed by atoms with Gasteiger partial charge < -0.3 is 16.3 Å². The van der Waals surface area contributed by atoms with Crippen molar-refractivity contribution in [3.8, 4) is 0 Å². The topological polar surface area (TPSA) is 70.6 Å². The summed E-state index contributed by atoms with van der Waals surface area (Å²) in [6.45, 7) is -0.542. The number of anilines is 1. The Bertz CT molecular complexity index is 437. The van der Waals surface area contributed by atoms with Gasteiger partial charge in [-0.05, 0) is 18.2 Å². The zero-order valence-electron chi connectivity index (χ0n) is 9.08. The van der Waals surface area contributed by atoms with Gasteiger partial charge in [0.05, 0.1) is 0 Å². The summed E-state index contributed by atoms with van der Waals surface area (Å²) in [5, 5.41) is 13.6. The number of alkyl halides is 3. The minimum atomic E-state index is -4.60. The van der Waals surface area contributed by atoms with Gasteiger partial charge in [-0.1, -0.05) is 22.8 Å². The van der Waals surface area contributed by atoms with Crippen molar-refractivity contribution in [2.24, 2.45) is 16.8 Å². The molecule has 1 aromatic rings. The highest BCUT2D eigenvalue weighted by molar-refractivity contribution is 6.30. The van der Waals surface area contributed by atoms with Crippen LogP contribution >= 0.6 is 11.6 Å². The molecular formula is C10H11ClF3N3O. The fourth-order valence-electron chi connectivity index (χ4n) is 1.28. The lowest BCUT2D eigenvalue weighted by Gasteiger charge is -2.19. The summed E-state index contributed by atoms with van der Waals surface area (Å²) in [5.74, 6) is -2.96. The van der Waals surface area contributed by atoms with Crippen LogP contribution in [0.4, 0.5) is 18.9 Å². The maximum atomic E-state index is 12.6. The lowest BCUT2D eigenvalue weighted by molar-refractivity contribution is -0.152. The number of oxime groups is 1. The molecule has 0 saturated carbocycles. The predicted octanol–water partition coefficient (Wildman–Crippen LogP) is 2.68. The second-order valence-electron chi connectivity index (χ2n) is 3.51. The largest absolute Gasteiger partial charge is 0.409 e. The van der Waals surface area contributed by atoms with E-state index in [1.807, 2.05) is 0 Å². The first-order chi connectivity index (χ1) is 8.34. The third-order valence-corrected chi connectivity index (χ3v) is 2.44. The van der Waals surface area contributed by atoms with Crippen LogP contribution in [0.3, 0.4) is 0 Å². The standard InChI is InChI=1S/C10H11ClF3N3O/c11-6-2-1-3-7(4-6)16-5-8(9(15)17-18)10(12,13)14/h1-4,8,16,18H,5H2,(H2,15,17). The van der Waals surface area contributed by atoms with Gasteiger partial charge in [0.25, 0.3) is 0 Å². The molecule has 1 atom stereocenters. The van der Waals surface area contributed by atoms with Crippen molar-refractivity contribution in [1.82, 2.24) is 0 Å². The van der Waals surface area contributed by atoms with Crippen LogP contribution in [-0.2, 0) is 0 Å². The van der Waals surface area contributed by atoms with Crippen molar-refractivity contribution in [1.29, 1.82) is 0 Å². The Morgan fingerprint density at radius 1 is 1.50 bits per heavy atom. The van der Waals surface area contributed by atoms with Gasteiger partial charge >= 0.3 is 6.18 Å². The second-order valence-corrected chi connectivity index (χ2v) is 3.95. The average molecular weight is 282 g/mol. The molecule has 0 aromatic heterocycles. The van der Waals surface area contributed by atoms with Crippen LogP contribution in [-0.4, -0.2) is 23.8 Å². The van der Waals surface area contributed by atoms with Crippen LogP contribution in [0, 0.1) is 5.92 Å². The number of nitrogens with two attached hydrogens (primary N) is 1. The van der Waals surface area contributed by atoms with Crippen LogP contribution in [0.25, 0.3) is 0 Å². The summed E-state index contributed by atoms with van der Waals surface area (Å²) < 4.78 is 37.8. The quantitative estimate of drug-likeness (QED) is 0.344. The molecule has 0 radical (unpaired) electrons. The summed E-state index contributed by atoms with van der Waals surface area (Å²) in [6.07, 6.45) is -4.60. The zero-order valence-corrected chi connectivity index (χ0v) is 9.83. The lowest BCUT2D eigenvalue weighted by Crippen LogP contribution is -2.40. The molecule has 8 heteroatoms. The minimum absolute atomic E-state index is 0.396. The highest BCUT2D eigenvalue weighted by Crippen LogP contribution is 2.27. The van der Waals surface area contributed by atoms with Gasteiger partial charge in [0.1, 0.15) is 5.92 Å². The van der Waals surface area contributed by atoms with Crippen molar-refractivity contribution < 1.29 is 18.4 Å². The van der Waals surface area contributed by atoms with Crippen LogP contribution in [0.15, 0.2) is 29.4 Å². The van der Waals surface area contributed by atoms with E-state index in [2.05, 4.69) is 10.5 Å². The molecule has 0 fully saturated rings. The van der Waals surface area contributed by atoms with Crippen LogP contribution in [0.1, 0.15) is 0 Å². The number of amidine groups is 1. The number of halogens is 4. The van der Waals surface area contributed by atoms with E-state index in [9.17, 15) is 13.2 Å². The molecule has 1 rings (SSSR count). The minimum Gasteiger partial charge on any atom is -0.409 e. The number of hydrogen-bond acceptors (Lipinski definition) is 3. The summed E-state index contributed by atoms with van der Waals surface area (Å²) in [5.41, 5.74) is 5.43. The fraction of sp³-hybridized carbons (Fsp3) is 0.300.